The fourth-order valence-electron chi connectivity index (χ4n) is 2.58. The van der Waals surface area contributed by atoms with Crippen molar-refractivity contribution in [3.05, 3.63) is 53.7 Å². The third kappa shape index (κ3) is 3.03. The average Bonchev–Trinajstić information content (AvgIpc) is 2.48. The Labute approximate surface area is 124 Å². The predicted molar refractivity (Wildman–Crippen MR) is 79.8 cm³/mol. The first kappa shape index (κ1) is 15.4. The largest absolute Gasteiger partial charge is 0.480 e. The van der Waals surface area contributed by atoms with Crippen molar-refractivity contribution in [1.29, 1.82) is 0 Å². The van der Waals surface area contributed by atoms with Crippen LogP contribution < -0.4 is 10.1 Å². The van der Waals surface area contributed by atoms with Crippen LogP contribution in [0.1, 0.15) is 31.1 Å². The van der Waals surface area contributed by atoms with E-state index in [2.05, 4.69) is 29.1 Å². The lowest BCUT2D eigenvalue weighted by Gasteiger charge is -2.34. The summed E-state index contributed by atoms with van der Waals surface area (Å²) in [6.07, 6.45) is 3.24. The molecule has 0 saturated heterocycles. The first-order valence-electron chi connectivity index (χ1n) is 6.79. The fraction of sp³-hybridized carbons (Fsp3) is 0.375. The lowest BCUT2D eigenvalue weighted by Crippen LogP contribution is -2.36. The van der Waals surface area contributed by atoms with Crippen LogP contribution in [0, 0.1) is 5.82 Å². The number of likely N-dealkylation sites (N-methyl/N-ethyl adjacent to an activating group) is 1. The highest BCUT2D eigenvalue weighted by atomic mass is 19.1. The van der Waals surface area contributed by atoms with Gasteiger partial charge in [0.05, 0.1) is 13.2 Å². The van der Waals surface area contributed by atoms with Crippen molar-refractivity contribution < 1.29 is 9.13 Å². The van der Waals surface area contributed by atoms with Gasteiger partial charge in [0.15, 0.2) is 0 Å². The Kier molecular flexibility index (Phi) is 4.53. The Bertz CT molecular complexity index is 599. The highest BCUT2D eigenvalue weighted by molar-refractivity contribution is 5.32. The van der Waals surface area contributed by atoms with E-state index >= 15 is 0 Å². The van der Waals surface area contributed by atoms with E-state index in [1.165, 1.54) is 12.1 Å². The molecule has 2 aromatic rings. The number of ether oxygens (including phenoxy) is 1. The number of rotatable bonds is 5. The van der Waals surface area contributed by atoms with E-state index in [9.17, 15) is 4.39 Å². The number of benzene rings is 1. The molecule has 0 aliphatic carbocycles. The van der Waals surface area contributed by atoms with Crippen LogP contribution in [-0.4, -0.2) is 24.1 Å². The molecule has 21 heavy (non-hydrogen) atoms. The van der Waals surface area contributed by atoms with Crippen molar-refractivity contribution in [3.8, 4) is 5.88 Å². The highest BCUT2D eigenvalue weighted by Crippen LogP contribution is 2.38. The van der Waals surface area contributed by atoms with Crippen molar-refractivity contribution in [2.75, 3.05) is 14.2 Å². The van der Waals surface area contributed by atoms with Crippen LogP contribution >= 0.6 is 0 Å². The molecular formula is C16H20FN3O. The van der Waals surface area contributed by atoms with Crippen LogP contribution in [0.3, 0.4) is 0 Å². The molecule has 4 nitrogen and oxygen atoms in total. The van der Waals surface area contributed by atoms with E-state index in [1.807, 2.05) is 7.05 Å². The van der Waals surface area contributed by atoms with Gasteiger partial charge in [-0.15, -0.1) is 0 Å². The molecule has 1 atom stereocenters. The number of halogens is 1. The number of methoxy groups -OCH3 is 1. The molecule has 0 amide bonds. The molecular weight excluding hydrogens is 269 g/mol. The summed E-state index contributed by atoms with van der Waals surface area (Å²) in [7, 11) is 3.44. The van der Waals surface area contributed by atoms with Gasteiger partial charge in [-0.3, -0.25) is 4.98 Å². The minimum atomic E-state index is -0.314. The van der Waals surface area contributed by atoms with Crippen LogP contribution in [0.5, 0.6) is 5.88 Å². The van der Waals surface area contributed by atoms with Gasteiger partial charge >= 0.3 is 0 Å². The fourth-order valence-corrected chi connectivity index (χ4v) is 2.58. The monoisotopic (exact) mass is 289 g/mol. The van der Waals surface area contributed by atoms with Crippen molar-refractivity contribution in [1.82, 2.24) is 15.3 Å². The summed E-state index contributed by atoms with van der Waals surface area (Å²) in [5.41, 5.74) is 1.43. The van der Waals surface area contributed by atoms with Crippen LogP contribution in [0.15, 0.2) is 36.7 Å². The Morgan fingerprint density at radius 2 is 1.76 bits per heavy atom. The second kappa shape index (κ2) is 6.18. The Morgan fingerprint density at radius 3 is 2.33 bits per heavy atom. The summed E-state index contributed by atoms with van der Waals surface area (Å²) >= 11 is 0. The van der Waals surface area contributed by atoms with Gasteiger partial charge in [0.25, 0.3) is 0 Å². The maximum atomic E-state index is 13.1. The molecule has 1 aromatic carbocycles. The summed E-state index contributed by atoms with van der Waals surface area (Å²) in [5.74, 6) is 0.250. The predicted octanol–water partition coefficient (Wildman–Crippen LogP) is 2.86. The molecule has 1 unspecified atom stereocenters. The Balaban J connectivity index is 2.46. The molecule has 1 heterocycles. The summed E-state index contributed by atoms with van der Waals surface area (Å²) in [4.78, 5) is 8.61. The Hall–Kier alpha value is -2.01. The molecule has 2 rings (SSSR count). The molecule has 1 N–H and O–H groups in total. The molecule has 0 fully saturated rings. The normalized spacial score (nSPS) is 13.0. The average molecular weight is 289 g/mol. The second-order valence-corrected chi connectivity index (χ2v) is 5.40. The highest BCUT2D eigenvalue weighted by Gasteiger charge is 2.34. The third-order valence-electron chi connectivity index (χ3n) is 3.76. The molecule has 0 bridgehead atoms. The molecule has 0 radical (unpaired) electrons. The SMILES string of the molecule is CNC(c1nccnc1OC)C(C)(C)c1ccc(F)cc1. The minimum absolute atomic E-state index is 0.119. The lowest BCUT2D eigenvalue weighted by atomic mass is 9.76. The van der Waals surface area contributed by atoms with Crippen molar-refractivity contribution >= 4 is 0 Å². The molecule has 0 aliphatic heterocycles. The molecule has 1 aromatic heterocycles. The summed E-state index contributed by atoms with van der Waals surface area (Å²) in [6, 6.07) is 6.41. The quantitative estimate of drug-likeness (QED) is 0.919. The summed E-state index contributed by atoms with van der Waals surface area (Å²) in [5, 5.41) is 3.27. The standard InChI is InChI=1S/C16H20FN3O/c1-16(2,11-5-7-12(17)8-6-11)14(18-3)13-15(21-4)20-10-9-19-13/h5-10,14,18H,1-4H3. The molecule has 5 heteroatoms. The van der Waals surface area contributed by atoms with Crippen LogP contribution in [0.4, 0.5) is 4.39 Å². The number of nitrogens with one attached hydrogen (secondary N) is 1. The first-order valence-corrected chi connectivity index (χ1v) is 6.79. The zero-order chi connectivity index (χ0) is 15.5. The van der Waals surface area contributed by atoms with E-state index in [0.29, 0.717) is 5.88 Å². The lowest BCUT2D eigenvalue weighted by molar-refractivity contribution is 0.329. The van der Waals surface area contributed by atoms with E-state index in [1.54, 1.807) is 31.6 Å². The summed E-state index contributed by atoms with van der Waals surface area (Å²) in [6.45, 7) is 4.16. The van der Waals surface area contributed by atoms with Gasteiger partial charge in [0.1, 0.15) is 11.5 Å². The Morgan fingerprint density at radius 1 is 1.14 bits per heavy atom. The van der Waals surface area contributed by atoms with Crippen molar-refractivity contribution in [3.63, 3.8) is 0 Å². The topological polar surface area (TPSA) is 47.0 Å². The van der Waals surface area contributed by atoms with E-state index < -0.39 is 0 Å². The molecule has 112 valence electrons. The third-order valence-corrected chi connectivity index (χ3v) is 3.76. The van der Waals surface area contributed by atoms with Crippen molar-refractivity contribution in [2.45, 2.75) is 25.3 Å². The summed E-state index contributed by atoms with van der Waals surface area (Å²) < 4.78 is 18.4. The van der Waals surface area contributed by atoms with Gasteiger partial charge in [0.2, 0.25) is 5.88 Å². The van der Waals surface area contributed by atoms with Gasteiger partial charge in [-0.05, 0) is 24.7 Å². The van der Waals surface area contributed by atoms with Gasteiger partial charge in [-0.1, -0.05) is 26.0 Å². The van der Waals surface area contributed by atoms with Crippen LogP contribution in [-0.2, 0) is 5.41 Å². The van der Waals surface area contributed by atoms with E-state index in [0.717, 1.165) is 11.3 Å². The van der Waals surface area contributed by atoms with Crippen molar-refractivity contribution in [2.24, 2.45) is 0 Å². The van der Waals surface area contributed by atoms with Gasteiger partial charge in [-0.2, -0.15) is 0 Å². The zero-order valence-corrected chi connectivity index (χ0v) is 12.7. The van der Waals surface area contributed by atoms with Gasteiger partial charge in [-0.25, -0.2) is 9.37 Å². The van der Waals surface area contributed by atoms with E-state index in [4.69, 9.17) is 4.74 Å². The number of aromatic nitrogens is 2. The van der Waals surface area contributed by atoms with E-state index in [-0.39, 0.29) is 17.3 Å². The number of nitrogens with zero attached hydrogens (tertiary/aromatic N) is 2. The smallest absolute Gasteiger partial charge is 0.237 e. The second-order valence-electron chi connectivity index (χ2n) is 5.40. The molecule has 0 saturated carbocycles. The van der Waals surface area contributed by atoms with Gasteiger partial charge in [0, 0.05) is 17.8 Å². The van der Waals surface area contributed by atoms with Crippen LogP contribution in [0.2, 0.25) is 0 Å². The maximum Gasteiger partial charge on any atom is 0.237 e. The number of hydrogen-bond acceptors (Lipinski definition) is 4. The van der Waals surface area contributed by atoms with Gasteiger partial charge < -0.3 is 10.1 Å². The minimum Gasteiger partial charge on any atom is -0.480 e. The van der Waals surface area contributed by atoms with Crippen LogP contribution in [0.25, 0.3) is 0 Å². The number of hydrogen-bond donors (Lipinski definition) is 1. The zero-order valence-electron chi connectivity index (χ0n) is 12.7. The molecule has 0 aliphatic rings. The maximum absolute atomic E-state index is 13.1. The molecule has 0 spiro atoms. The first-order chi connectivity index (χ1) is 10.0.